The third kappa shape index (κ3) is 1.10. The summed E-state index contributed by atoms with van der Waals surface area (Å²) in [5.41, 5.74) is 1.64. The van der Waals surface area contributed by atoms with E-state index >= 15 is 0 Å². The average Bonchev–Trinajstić information content (AvgIpc) is 2.68. The van der Waals surface area contributed by atoms with Crippen molar-refractivity contribution < 1.29 is 9.59 Å². The maximum absolute atomic E-state index is 11.8. The van der Waals surface area contributed by atoms with Crippen LogP contribution in [-0.2, 0) is 9.59 Å². The Balaban J connectivity index is 2.28. The Hall–Kier alpha value is -1.18. The Morgan fingerprint density at radius 2 is 2.14 bits per heavy atom. The molecule has 2 aliphatic rings. The molecule has 0 fully saturated rings. The molecule has 1 atom stereocenters. The van der Waals surface area contributed by atoms with Crippen molar-refractivity contribution in [3.63, 3.8) is 0 Å². The zero-order valence-electron chi connectivity index (χ0n) is 8.59. The molecule has 2 nitrogen and oxygen atoms in total. The van der Waals surface area contributed by atoms with Crippen LogP contribution >= 0.6 is 0 Å². The summed E-state index contributed by atoms with van der Waals surface area (Å²) in [4.78, 5) is 23.0. The van der Waals surface area contributed by atoms with Crippen molar-refractivity contribution in [2.45, 2.75) is 33.1 Å². The number of carbonyl (C=O) groups excluding carboxylic acids is 2. The summed E-state index contributed by atoms with van der Waals surface area (Å²) in [5.74, 6) is 0.386. The highest BCUT2D eigenvalue weighted by Crippen LogP contribution is 2.48. The monoisotopic (exact) mass is 190 g/mol. The van der Waals surface area contributed by atoms with Crippen molar-refractivity contribution in [1.29, 1.82) is 0 Å². The van der Waals surface area contributed by atoms with Crippen molar-refractivity contribution >= 4 is 11.6 Å². The summed E-state index contributed by atoms with van der Waals surface area (Å²) in [6.07, 6.45) is 5.83. The first kappa shape index (κ1) is 9.38. The summed E-state index contributed by atoms with van der Waals surface area (Å²) in [7, 11) is 0. The Labute approximate surface area is 83.7 Å². The van der Waals surface area contributed by atoms with Crippen LogP contribution in [0.4, 0.5) is 0 Å². The first-order valence-corrected chi connectivity index (χ1v) is 4.97. The lowest BCUT2D eigenvalue weighted by Gasteiger charge is -2.23. The molecule has 0 saturated carbocycles. The van der Waals surface area contributed by atoms with Gasteiger partial charge in [0, 0.05) is 6.42 Å². The lowest BCUT2D eigenvalue weighted by atomic mass is 9.77. The second kappa shape index (κ2) is 2.91. The summed E-state index contributed by atoms with van der Waals surface area (Å²) >= 11 is 0. The molecule has 0 saturated heterocycles. The Bertz CT molecular complexity index is 374. The smallest absolute Gasteiger partial charge is 0.155 e. The molecule has 0 amide bonds. The number of rotatable bonds is 1. The molecule has 1 spiro atoms. The van der Waals surface area contributed by atoms with Crippen LogP contribution in [0.5, 0.6) is 0 Å². The van der Waals surface area contributed by atoms with E-state index in [0.717, 1.165) is 17.6 Å². The molecule has 1 unspecified atom stereocenters. The first-order valence-electron chi connectivity index (χ1n) is 4.97. The molecule has 2 heteroatoms. The normalized spacial score (nSPS) is 30.9. The molecule has 0 aromatic rings. The SMILES string of the molecule is CC(=O)C1=CCC2(C1)C(=O)CC=C2C. The van der Waals surface area contributed by atoms with Gasteiger partial charge < -0.3 is 0 Å². The van der Waals surface area contributed by atoms with E-state index < -0.39 is 0 Å². The van der Waals surface area contributed by atoms with E-state index in [4.69, 9.17) is 0 Å². The molecule has 0 aromatic heterocycles. The Morgan fingerprint density at radius 1 is 1.43 bits per heavy atom. The molecule has 0 radical (unpaired) electrons. The van der Waals surface area contributed by atoms with Gasteiger partial charge in [0.1, 0.15) is 5.78 Å². The van der Waals surface area contributed by atoms with Crippen molar-refractivity contribution in [2.24, 2.45) is 5.41 Å². The van der Waals surface area contributed by atoms with Crippen molar-refractivity contribution in [3.8, 4) is 0 Å². The van der Waals surface area contributed by atoms with E-state index in [9.17, 15) is 9.59 Å². The van der Waals surface area contributed by atoms with Crippen LogP contribution in [0.2, 0.25) is 0 Å². The molecule has 2 aliphatic carbocycles. The Kier molecular flexibility index (Phi) is 1.95. The number of ketones is 2. The van der Waals surface area contributed by atoms with Crippen LogP contribution < -0.4 is 0 Å². The lowest BCUT2D eigenvalue weighted by Crippen LogP contribution is -2.25. The summed E-state index contributed by atoms with van der Waals surface area (Å²) in [5, 5.41) is 0. The molecule has 14 heavy (non-hydrogen) atoms. The van der Waals surface area contributed by atoms with Gasteiger partial charge in [-0.2, -0.15) is 0 Å². The van der Waals surface area contributed by atoms with Gasteiger partial charge in [-0.1, -0.05) is 17.7 Å². The van der Waals surface area contributed by atoms with Gasteiger partial charge in [-0.25, -0.2) is 0 Å². The minimum Gasteiger partial charge on any atom is -0.298 e. The summed E-state index contributed by atoms with van der Waals surface area (Å²) in [6.45, 7) is 3.57. The van der Waals surface area contributed by atoms with Gasteiger partial charge in [-0.15, -0.1) is 0 Å². The molecule has 0 N–H and O–H groups in total. The molecule has 0 aromatic carbocycles. The number of allylic oxidation sites excluding steroid dienone is 4. The van der Waals surface area contributed by atoms with Gasteiger partial charge in [0.25, 0.3) is 0 Å². The maximum Gasteiger partial charge on any atom is 0.155 e. The third-order valence-corrected chi connectivity index (χ3v) is 3.52. The molecule has 0 aliphatic heterocycles. The Morgan fingerprint density at radius 3 is 2.57 bits per heavy atom. The molecular weight excluding hydrogens is 176 g/mol. The van der Waals surface area contributed by atoms with Gasteiger partial charge >= 0.3 is 0 Å². The van der Waals surface area contributed by atoms with E-state index in [1.54, 1.807) is 6.92 Å². The summed E-state index contributed by atoms with van der Waals surface area (Å²) in [6, 6.07) is 0. The second-order valence-electron chi connectivity index (χ2n) is 4.26. The van der Waals surface area contributed by atoms with Gasteiger partial charge in [0.15, 0.2) is 5.78 Å². The second-order valence-corrected chi connectivity index (χ2v) is 4.26. The highest BCUT2D eigenvalue weighted by Gasteiger charge is 2.45. The van der Waals surface area contributed by atoms with Crippen LogP contribution in [0, 0.1) is 5.41 Å². The predicted molar refractivity (Wildman–Crippen MR) is 53.8 cm³/mol. The van der Waals surface area contributed by atoms with E-state index in [-0.39, 0.29) is 17.0 Å². The van der Waals surface area contributed by atoms with Gasteiger partial charge in [0.2, 0.25) is 0 Å². The zero-order chi connectivity index (χ0) is 10.3. The number of hydrogen-bond acceptors (Lipinski definition) is 2. The minimum atomic E-state index is -0.332. The number of Topliss-reactive ketones (excluding diaryl/α,β-unsaturated/α-hetero) is 2. The standard InChI is InChI=1S/C12H14O2/c1-8-3-4-11(14)12(8)6-5-10(7-12)9(2)13/h3,5H,4,6-7H2,1-2H3. The molecule has 2 rings (SSSR count). The summed E-state index contributed by atoms with van der Waals surface area (Å²) < 4.78 is 0. The average molecular weight is 190 g/mol. The topological polar surface area (TPSA) is 34.1 Å². The van der Waals surface area contributed by atoms with E-state index in [2.05, 4.69) is 0 Å². The predicted octanol–water partition coefficient (Wildman–Crippen LogP) is 2.20. The van der Waals surface area contributed by atoms with Crippen LogP contribution in [0.25, 0.3) is 0 Å². The molecular formula is C12H14O2. The zero-order valence-corrected chi connectivity index (χ0v) is 8.59. The lowest BCUT2D eigenvalue weighted by molar-refractivity contribution is -0.124. The fourth-order valence-electron chi connectivity index (χ4n) is 2.40. The molecule has 74 valence electrons. The largest absolute Gasteiger partial charge is 0.298 e. The van der Waals surface area contributed by atoms with E-state index in [0.29, 0.717) is 12.8 Å². The van der Waals surface area contributed by atoms with Crippen molar-refractivity contribution in [3.05, 3.63) is 23.3 Å². The van der Waals surface area contributed by atoms with Crippen LogP contribution in [-0.4, -0.2) is 11.6 Å². The first-order chi connectivity index (χ1) is 6.56. The minimum absolute atomic E-state index is 0.106. The number of hydrogen-bond donors (Lipinski definition) is 0. The third-order valence-electron chi connectivity index (χ3n) is 3.52. The van der Waals surface area contributed by atoms with Gasteiger partial charge in [-0.05, 0) is 32.3 Å². The van der Waals surface area contributed by atoms with E-state index in [1.807, 2.05) is 19.1 Å². The highest BCUT2D eigenvalue weighted by molar-refractivity contribution is 5.99. The molecule has 0 bridgehead atoms. The quantitative estimate of drug-likeness (QED) is 0.594. The van der Waals surface area contributed by atoms with Crippen molar-refractivity contribution in [2.75, 3.05) is 0 Å². The highest BCUT2D eigenvalue weighted by atomic mass is 16.1. The molecule has 0 heterocycles. The van der Waals surface area contributed by atoms with Crippen LogP contribution in [0.15, 0.2) is 23.3 Å². The van der Waals surface area contributed by atoms with Gasteiger partial charge in [-0.3, -0.25) is 9.59 Å². The number of carbonyl (C=O) groups is 2. The fraction of sp³-hybridized carbons (Fsp3) is 0.500. The van der Waals surface area contributed by atoms with Crippen molar-refractivity contribution in [1.82, 2.24) is 0 Å². The fourth-order valence-corrected chi connectivity index (χ4v) is 2.40. The van der Waals surface area contributed by atoms with Crippen LogP contribution in [0.3, 0.4) is 0 Å². The maximum atomic E-state index is 11.8. The van der Waals surface area contributed by atoms with Crippen LogP contribution in [0.1, 0.15) is 33.1 Å². The van der Waals surface area contributed by atoms with Gasteiger partial charge in [0.05, 0.1) is 5.41 Å². The van der Waals surface area contributed by atoms with E-state index in [1.165, 1.54) is 0 Å².